The SMILES string of the molecule is COc1cc(C)c(S(=O)(=O)N(C)CCOCC(=O)N(C)Cc2ccc(C3CCN(C)CC3)cc2)c(C)c1. The van der Waals surface area contributed by atoms with Crippen molar-refractivity contribution in [3.05, 3.63) is 58.7 Å². The Morgan fingerprint density at radius 3 is 2.22 bits per heavy atom. The van der Waals surface area contributed by atoms with Crippen LogP contribution in [0.1, 0.15) is 41.0 Å². The van der Waals surface area contributed by atoms with Crippen molar-refractivity contribution >= 4 is 15.9 Å². The van der Waals surface area contributed by atoms with Crippen LogP contribution in [-0.2, 0) is 26.1 Å². The zero-order valence-corrected chi connectivity index (χ0v) is 23.8. The predicted molar refractivity (Wildman–Crippen MR) is 145 cm³/mol. The number of aryl methyl sites for hydroxylation is 2. The third kappa shape index (κ3) is 7.54. The van der Waals surface area contributed by atoms with E-state index in [1.807, 2.05) is 0 Å². The van der Waals surface area contributed by atoms with E-state index in [-0.39, 0.29) is 30.6 Å². The van der Waals surface area contributed by atoms with Crippen molar-refractivity contribution in [3.63, 3.8) is 0 Å². The average molecular weight is 532 g/mol. The number of carbonyl (C=O) groups excluding carboxylic acids is 1. The maximum absolute atomic E-state index is 13.1. The summed E-state index contributed by atoms with van der Waals surface area (Å²) in [5, 5.41) is 0. The third-order valence-corrected chi connectivity index (χ3v) is 9.29. The first-order chi connectivity index (χ1) is 17.5. The molecule has 0 unspecified atom stereocenters. The lowest BCUT2D eigenvalue weighted by Gasteiger charge is -2.29. The molecule has 2 aromatic carbocycles. The van der Waals surface area contributed by atoms with Crippen molar-refractivity contribution in [1.29, 1.82) is 0 Å². The molecule has 0 radical (unpaired) electrons. The van der Waals surface area contributed by atoms with Crippen LogP contribution in [0.15, 0.2) is 41.3 Å². The molecular formula is C28H41N3O5S. The molecule has 0 spiro atoms. The maximum Gasteiger partial charge on any atom is 0.248 e. The number of methoxy groups -OCH3 is 1. The zero-order valence-electron chi connectivity index (χ0n) is 23.0. The van der Waals surface area contributed by atoms with E-state index in [9.17, 15) is 13.2 Å². The fraction of sp³-hybridized carbons (Fsp3) is 0.536. The highest BCUT2D eigenvalue weighted by molar-refractivity contribution is 7.89. The van der Waals surface area contributed by atoms with E-state index < -0.39 is 10.0 Å². The van der Waals surface area contributed by atoms with Crippen molar-refractivity contribution in [2.75, 3.05) is 61.1 Å². The molecule has 8 nitrogen and oxygen atoms in total. The van der Waals surface area contributed by atoms with Gasteiger partial charge in [0.25, 0.3) is 0 Å². The molecule has 0 atom stereocenters. The van der Waals surface area contributed by atoms with Gasteiger partial charge in [0.1, 0.15) is 12.4 Å². The second kappa shape index (κ2) is 12.9. The summed E-state index contributed by atoms with van der Waals surface area (Å²) in [6, 6.07) is 12.0. The molecule has 1 heterocycles. The fourth-order valence-corrected chi connectivity index (χ4v) is 6.33. The van der Waals surface area contributed by atoms with E-state index in [1.54, 1.807) is 45.0 Å². The van der Waals surface area contributed by atoms with Crippen molar-refractivity contribution in [2.24, 2.45) is 0 Å². The van der Waals surface area contributed by atoms with Crippen LogP contribution in [0, 0.1) is 13.8 Å². The first-order valence-corrected chi connectivity index (χ1v) is 14.2. The second-order valence-electron chi connectivity index (χ2n) is 10.0. The largest absolute Gasteiger partial charge is 0.497 e. The van der Waals surface area contributed by atoms with E-state index in [2.05, 4.69) is 36.2 Å². The Kier molecular flexibility index (Phi) is 10.1. The van der Waals surface area contributed by atoms with Gasteiger partial charge in [-0.15, -0.1) is 0 Å². The van der Waals surface area contributed by atoms with Crippen LogP contribution >= 0.6 is 0 Å². The molecule has 0 aromatic heterocycles. The molecule has 0 saturated carbocycles. The molecule has 1 fully saturated rings. The number of benzene rings is 2. The number of likely N-dealkylation sites (tertiary alicyclic amines) is 1. The van der Waals surface area contributed by atoms with Gasteiger partial charge in [-0.3, -0.25) is 4.79 Å². The van der Waals surface area contributed by atoms with Crippen LogP contribution in [0.25, 0.3) is 0 Å². The van der Waals surface area contributed by atoms with Gasteiger partial charge >= 0.3 is 0 Å². The molecule has 1 aliphatic rings. The van der Waals surface area contributed by atoms with Gasteiger partial charge in [-0.2, -0.15) is 4.31 Å². The molecular weight excluding hydrogens is 490 g/mol. The van der Waals surface area contributed by atoms with E-state index in [0.717, 1.165) is 18.7 Å². The van der Waals surface area contributed by atoms with Crippen LogP contribution in [0.4, 0.5) is 0 Å². The highest BCUT2D eigenvalue weighted by atomic mass is 32.2. The standard InChI is InChI=1S/C28H41N3O5S/c1-21-17-26(35-6)18-22(2)28(21)37(33,34)31(5)15-16-36-20-27(32)30(4)19-23-7-9-24(10-8-23)25-11-13-29(3)14-12-25/h7-10,17-18,25H,11-16,19-20H2,1-6H3. The average Bonchev–Trinajstić information content (AvgIpc) is 2.86. The summed E-state index contributed by atoms with van der Waals surface area (Å²) in [7, 11) is 3.29. The minimum Gasteiger partial charge on any atom is -0.497 e. The van der Waals surface area contributed by atoms with Gasteiger partial charge in [-0.05, 0) is 87.1 Å². The van der Waals surface area contributed by atoms with Crippen LogP contribution in [0.2, 0.25) is 0 Å². The number of nitrogens with zero attached hydrogens (tertiary/aromatic N) is 3. The van der Waals surface area contributed by atoms with E-state index in [0.29, 0.717) is 29.3 Å². The Hall–Kier alpha value is -2.46. The van der Waals surface area contributed by atoms with Crippen LogP contribution in [0.5, 0.6) is 5.75 Å². The zero-order chi connectivity index (χ0) is 27.2. The summed E-state index contributed by atoms with van der Waals surface area (Å²) in [6.45, 7) is 6.43. The molecule has 37 heavy (non-hydrogen) atoms. The Balaban J connectivity index is 1.45. The number of rotatable bonds is 11. The molecule has 1 amide bonds. The second-order valence-corrected chi connectivity index (χ2v) is 12.0. The number of piperidine rings is 1. The Bertz CT molecular complexity index is 1140. The number of hydrogen-bond acceptors (Lipinski definition) is 6. The van der Waals surface area contributed by atoms with Crippen molar-refractivity contribution in [3.8, 4) is 5.75 Å². The van der Waals surface area contributed by atoms with Gasteiger partial charge in [0.05, 0.1) is 18.6 Å². The van der Waals surface area contributed by atoms with Gasteiger partial charge in [0, 0.05) is 27.2 Å². The smallest absolute Gasteiger partial charge is 0.248 e. The highest BCUT2D eigenvalue weighted by Gasteiger charge is 2.25. The first-order valence-electron chi connectivity index (χ1n) is 12.7. The van der Waals surface area contributed by atoms with E-state index in [4.69, 9.17) is 9.47 Å². The van der Waals surface area contributed by atoms with Gasteiger partial charge in [-0.1, -0.05) is 24.3 Å². The summed E-state index contributed by atoms with van der Waals surface area (Å²) >= 11 is 0. The number of carbonyl (C=O) groups is 1. The van der Waals surface area contributed by atoms with Gasteiger partial charge in [0.15, 0.2) is 0 Å². The van der Waals surface area contributed by atoms with Crippen LogP contribution in [0.3, 0.4) is 0 Å². The fourth-order valence-electron chi connectivity index (χ4n) is 4.77. The minimum absolute atomic E-state index is 0.0986. The van der Waals surface area contributed by atoms with Gasteiger partial charge in [-0.25, -0.2) is 8.42 Å². The Morgan fingerprint density at radius 1 is 1.05 bits per heavy atom. The first kappa shape index (κ1) is 29.1. The van der Waals surface area contributed by atoms with Gasteiger partial charge < -0.3 is 19.3 Å². The number of sulfonamides is 1. The normalized spacial score (nSPS) is 15.2. The molecule has 1 saturated heterocycles. The van der Waals surface area contributed by atoms with Gasteiger partial charge in [0.2, 0.25) is 15.9 Å². The topological polar surface area (TPSA) is 79.4 Å². The highest BCUT2D eigenvalue weighted by Crippen LogP contribution is 2.28. The molecule has 204 valence electrons. The van der Waals surface area contributed by atoms with Crippen LogP contribution in [-0.4, -0.2) is 89.5 Å². The molecule has 0 N–H and O–H groups in total. The summed E-state index contributed by atoms with van der Waals surface area (Å²) in [4.78, 5) is 16.8. The quantitative estimate of drug-likeness (QED) is 0.414. The molecule has 0 bridgehead atoms. The molecule has 9 heteroatoms. The predicted octanol–water partition coefficient (Wildman–Crippen LogP) is 3.42. The lowest BCUT2D eigenvalue weighted by Crippen LogP contribution is -2.33. The number of likely N-dealkylation sites (N-methyl/N-ethyl adjacent to an activating group) is 2. The summed E-state index contributed by atoms with van der Waals surface area (Å²) in [5.74, 6) is 1.08. The van der Waals surface area contributed by atoms with Crippen LogP contribution < -0.4 is 4.74 Å². The molecule has 0 aliphatic carbocycles. The molecule has 2 aromatic rings. The number of ether oxygens (including phenoxy) is 2. The lowest BCUT2D eigenvalue weighted by atomic mass is 9.89. The van der Waals surface area contributed by atoms with Crippen molar-refractivity contribution < 1.29 is 22.7 Å². The van der Waals surface area contributed by atoms with E-state index >= 15 is 0 Å². The van der Waals surface area contributed by atoms with Crippen molar-refractivity contribution in [1.82, 2.24) is 14.1 Å². The van der Waals surface area contributed by atoms with E-state index in [1.165, 1.54) is 29.8 Å². The number of hydrogen-bond donors (Lipinski definition) is 0. The Morgan fingerprint density at radius 2 is 1.65 bits per heavy atom. The lowest BCUT2D eigenvalue weighted by molar-refractivity contribution is -0.135. The number of amides is 1. The monoisotopic (exact) mass is 531 g/mol. The molecule has 3 rings (SSSR count). The third-order valence-electron chi connectivity index (χ3n) is 7.13. The summed E-state index contributed by atoms with van der Waals surface area (Å²) < 4.78 is 38.2. The maximum atomic E-state index is 13.1. The summed E-state index contributed by atoms with van der Waals surface area (Å²) in [6.07, 6.45) is 2.36. The van der Waals surface area contributed by atoms with Crippen molar-refractivity contribution in [2.45, 2.75) is 44.0 Å². The minimum atomic E-state index is -3.70. The Labute approximate surface area is 222 Å². The molecule has 1 aliphatic heterocycles. The summed E-state index contributed by atoms with van der Waals surface area (Å²) in [5.41, 5.74) is 3.69.